The van der Waals surface area contributed by atoms with Crippen LogP contribution in [-0.4, -0.2) is 37.5 Å². The molecule has 0 amide bonds. The topological polar surface area (TPSA) is 53.6 Å². The summed E-state index contributed by atoms with van der Waals surface area (Å²) >= 11 is 0. The van der Waals surface area contributed by atoms with Crippen molar-refractivity contribution in [3.05, 3.63) is 65.7 Å². The van der Waals surface area contributed by atoms with E-state index >= 15 is 0 Å². The average molecular weight is 452 g/mol. The number of hydrogen-bond donors (Lipinski definition) is 2. The first-order chi connectivity index (χ1) is 11.6. The summed E-state index contributed by atoms with van der Waals surface area (Å²) in [5.74, 6) is 0.458. The molecule has 1 atom stereocenters. The monoisotopic (exact) mass is 452 g/mol. The van der Waals surface area contributed by atoms with Crippen molar-refractivity contribution >= 4 is 35.6 Å². The maximum absolute atomic E-state index is 6.04. The third kappa shape index (κ3) is 7.44. The van der Waals surface area contributed by atoms with Gasteiger partial charge in [-0.15, -0.1) is 24.0 Å². The zero-order chi connectivity index (χ0) is 17.4. The summed E-state index contributed by atoms with van der Waals surface area (Å²) in [5.41, 5.74) is 9.63. The van der Waals surface area contributed by atoms with Crippen LogP contribution < -0.4 is 11.1 Å². The van der Waals surface area contributed by atoms with Crippen LogP contribution in [0.2, 0.25) is 0 Å². The number of anilines is 1. The average Bonchev–Trinajstić information content (AvgIpc) is 2.60. The number of aliphatic imine (C=N–C) groups is 1. The van der Waals surface area contributed by atoms with Gasteiger partial charge in [0, 0.05) is 11.7 Å². The first-order valence-electron chi connectivity index (χ1n) is 8.44. The summed E-state index contributed by atoms with van der Waals surface area (Å²) in [6, 6.07) is 19.1. The molecule has 0 saturated heterocycles. The Balaban J connectivity index is 0.00000312. The number of nitrogens with one attached hydrogen (secondary N) is 1. The van der Waals surface area contributed by atoms with Crippen LogP contribution in [0.25, 0.3) is 0 Å². The van der Waals surface area contributed by atoms with Gasteiger partial charge in [-0.2, -0.15) is 0 Å². The van der Waals surface area contributed by atoms with Crippen LogP contribution in [0.3, 0.4) is 0 Å². The molecule has 2 rings (SSSR count). The molecule has 0 saturated carbocycles. The number of halogens is 1. The van der Waals surface area contributed by atoms with Crippen LogP contribution in [0.4, 0.5) is 5.69 Å². The van der Waals surface area contributed by atoms with E-state index < -0.39 is 0 Å². The van der Waals surface area contributed by atoms with Gasteiger partial charge in [0.2, 0.25) is 0 Å². The second kappa shape index (κ2) is 11.1. The fourth-order valence-corrected chi connectivity index (χ4v) is 2.51. The highest BCUT2D eigenvalue weighted by atomic mass is 127. The Bertz CT molecular complexity index is 639. The molecule has 4 nitrogen and oxygen atoms in total. The van der Waals surface area contributed by atoms with E-state index in [0.29, 0.717) is 18.5 Å². The number of nitrogens with two attached hydrogens (primary N) is 1. The van der Waals surface area contributed by atoms with Crippen molar-refractivity contribution in [2.45, 2.75) is 25.8 Å². The van der Waals surface area contributed by atoms with Gasteiger partial charge in [0.25, 0.3) is 0 Å². The number of benzene rings is 2. The zero-order valence-corrected chi connectivity index (χ0v) is 17.6. The number of hydrogen-bond acceptors (Lipinski definition) is 2. The van der Waals surface area contributed by atoms with Gasteiger partial charge in [0.05, 0.1) is 6.54 Å². The molecule has 1 unspecified atom stereocenters. The van der Waals surface area contributed by atoms with Crippen LogP contribution in [-0.2, 0) is 12.8 Å². The molecule has 0 fully saturated rings. The molecule has 136 valence electrons. The van der Waals surface area contributed by atoms with Crippen LogP contribution in [0.1, 0.15) is 18.1 Å². The van der Waals surface area contributed by atoms with Gasteiger partial charge in [-0.25, -0.2) is 0 Å². The second-order valence-corrected chi connectivity index (χ2v) is 6.21. The van der Waals surface area contributed by atoms with Gasteiger partial charge in [0.1, 0.15) is 0 Å². The van der Waals surface area contributed by atoms with Crippen molar-refractivity contribution in [3.63, 3.8) is 0 Å². The van der Waals surface area contributed by atoms with Crippen LogP contribution >= 0.6 is 24.0 Å². The Labute approximate surface area is 168 Å². The van der Waals surface area contributed by atoms with Gasteiger partial charge in [0.15, 0.2) is 5.96 Å². The van der Waals surface area contributed by atoms with Crippen molar-refractivity contribution in [1.29, 1.82) is 0 Å². The van der Waals surface area contributed by atoms with Crippen LogP contribution in [0, 0.1) is 0 Å². The van der Waals surface area contributed by atoms with E-state index in [2.05, 4.69) is 72.6 Å². The molecule has 3 N–H and O–H groups in total. The molecular formula is C20H29IN4. The lowest BCUT2D eigenvalue weighted by molar-refractivity contribution is 0.298. The van der Waals surface area contributed by atoms with E-state index in [1.807, 2.05) is 18.2 Å². The molecule has 0 aromatic heterocycles. The first-order valence-corrected chi connectivity index (χ1v) is 8.44. The Kier molecular flexibility index (Phi) is 9.52. The summed E-state index contributed by atoms with van der Waals surface area (Å²) in [6.07, 6.45) is 1.99. The number of guanidine groups is 1. The molecule has 0 radical (unpaired) electrons. The molecular weight excluding hydrogens is 423 g/mol. The fraction of sp³-hybridized carbons (Fsp3) is 0.350. The van der Waals surface area contributed by atoms with Crippen LogP contribution in [0.5, 0.6) is 0 Å². The van der Waals surface area contributed by atoms with E-state index in [1.165, 1.54) is 11.1 Å². The molecule has 0 aliphatic heterocycles. The van der Waals surface area contributed by atoms with Gasteiger partial charge >= 0.3 is 0 Å². The molecule has 0 heterocycles. The van der Waals surface area contributed by atoms with E-state index in [-0.39, 0.29) is 24.0 Å². The van der Waals surface area contributed by atoms with Crippen molar-refractivity contribution in [2.75, 3.05) is 26.0 Å². The highest BCUT2D eigenvalue weighted by Gasteiger charge is 2.11. The molecule has 2 aromatic carbocycles. The van der Waals surface area contributed by atoms with Gasteiger partial charge in [-0.05, 0) is 50.2 Å². The highest BCUT2D eigenvalue weighted by molar-refractivity contribution is 14.0. The predicted molar refractivity (Wildman–Crippen MR) is 119 cm³/mol. The minimum atomic E-state index is 0. The minimum Gasteiger partial charge on any atom is -0.370 e. The summed E-state index contributed by atoms with van der Waals surface area (Å²) in [4.78, 5) is 6.72. The standard InChI is InChI=1S/C20H28N4.HI/c1-4-16-10-12-18(13-11-16)23-20(21)22-15-19(24(2)3)14-17-8-6-5-7-9-17;/h5-13,19H,4,14-15H2,1-3H3,(H3,21,22,23);1H. The van der Waals surface area contributed by atoms with E-state index in [0.717, 1.165) is 18.5 Å². The zero-order valence-electron chi connectivity index (χ0n) is 15.3. The quantitative estimate of drug-likeness (QED) is 0.382. The van der Waals surface area contributed by atoms with E-state index in [1.54, 1.807) is 0 Å². The lowest BCUT2D eigenvalue weighted by atomic mass is 10.1. The SMILES string of the molecule is CCc1ccc(NC(N)=NCC(Cc2ccccc2)N(C)C)cc1.I. The smallest absolute Gasteiger partial charge is 0.193 e. The van der Waals surface area contributed by atoms with Gasteiger partial charge in [-0.1, -0.05) is 49.4 Å². The Morgan fingerprint density at radius 2 is 1.68 bits per heavy atom. The molecule has 0 aliphatic carbocycles. The van der Waals surface area contributed by atoms with E-state index in [4.69, 9.17) is 5.73 Å². The summed E-state index contributed by atoms with van der Waals surface area (Å²) < 4.78 is 0. The normalized spacial score (nSPS) is 12.6. The Hall–Kier alpha value is -1.60. The molecule has 2 aromatic rings. The molecule has 25 heavy (non-hydrogen) atoms. The minimum absolute atomic E-state index is 0. The third-order valence-electron chi connectivity index (χ3n) is 4.15. The predicted octanol–water partition coefficient (Wildman–Crippen LogP) is 3.77. The molecule has 0 spiro atoms. The third-order valence-corrected chi connectivity index (χ3v) is 4.15. The Morgan fingerprint density at radius 3 is 2.24 bits per heavy atom. The highest BCUT2D eigenvalue weighted by Crippen LogP contribution is 2.10. The van der Waals surface area contributed by atoms with Crippen molar-refractivity contribution in [3.8, 4) is 0 Å². The molecule has 0 bridgehead atoms. The molecule has 5 heteroatoms. The van der Waals surface area contributed by atoms with Gasteiger partial charge in [-0.3, -0.25) is 4.99 Å². The van der Waals surface area contributed by atoms with E-state index in [9.17, 15) is 0 Å². The van der Waals surface area contributed by atoms with Crippen LogP contribution in [0.15, 0.2) is 59.6 Å². The first kappa shape index (κ1) is 21.4. The maximum atomic E-state index is 6.04. The summed E-state index contributed by atoms with van der Waals surface area (Å²) in [6.45, 7) is 2.81. The number of aryl methyl sites for hydroxylation is 1. The second-order valence-electron chi connectivity index (χ2n) is 6.21. The Morgan fingerprint density at radius 1 is 1.04 bits per heavy atom. The van der Waals surface area contributed by atoms with Crippen molar-refractivity contribution in [1.82, 2.24) is 4.90 Å². The number of nitrogens with zero attached hydrogens (tertiary/aromatic N) is 2. The number of likely N-dealkylation sites (N-methyl/N-ethyl adjacent to an activating group) is 1. The van der Waals surface area contributed by atoms with Gasteiger partial charge < -0.3 is 16.0 Å². The van der Waals surface area contributed by atoms with Crippen molar-refractivity contribution < 1.29 is 0 Å². The lowest BCUT2D eigenvalue weighted by Gasteiger charge is -2.23. The summed E-state index contributed by atoms with van der Waals surface area (Å²) in [7, 11) is 4.16. The fourth-order valence-electron chi connectivity index (χ4n) is 2.51. The van der Waals surface area contributed by atoms with Crippen molar-refractivity contribution in [2.24, 2.45) is 10.7 Å². The summed E-state index contributed by atoms with van der Waals surface area (Å²) in [5, 5.41) is 3.16. The lowest BCUT2D eigenvalue weighted by Crippen LogP contribution is -2.34. The maximum Gasteiger partial charge on any atom is 0.193 e. The molecule has 0 aliphatic rings. The number of rotatable bonds is 7. The largest absolute Gasteiger partial charge is 0.370 e.